The van der Waals surface area contributed by atoms with Crippen molar-refractivity contribution in [3.8, 4) is 0 Å². The first-order chi connectivity index (χ1) is 6.05. The molecule has 1 heteroatoms. The zero-order chi connectivity index (χ0) is 9.90. The first-order valence-corrected chi connectivity index (χ1v) is 4.78. The fraction of sp³-hybridized carbons (Fsp3) is 0.500. The van der Waals surface area contributed by atoms with Crippen molar-refractivity contribution < 1.29 is 0 Å². The number of nitrogens with one attached hydrogen (secondary N) is 1. The summed E-state index contributed by atoms with van der Waals surface area (Å²) in [6.45, 7) is 7.71. The number of hydrogen-bond acceptors (Lipinski definition) is 1. The molecule has 0 saturated heterocycles. The summed E-state index contributed by atoms with van der Waals surface area (Å²) >= 11 is 0. The molecule has 0 saturated carbocycles. The van der Waals surface area contributed by atoms with Gasteiger partial charge >= 0.3 is 0 Å². The van der Waals surface area contributed by atoms with Crippen molar-refractivity contribution in [1.82, 2.24) is 5.32 Å². The van der Waals surface area contributed by atoms with E-state index in [2.05, 4.69) is 50.4 Å². The average Bonchev–Trinajstić information content (AvgIpc) is 2.04. The third-order valence-electron chi connectivity index (χ3n) is 2.19. The Morgan fingerprint density at radius 3 is 2.31 bits per heavy atom. The van der Waals surface area contributed by atoms with Crippen molar-refractivity contribution >= 4 is 0 Å². The maximum Gasteiger partial charge on any atom is 0.0205 e. The lowest BCUT2D eigenvalue weighted by Gasteiger charge is -2.22. The Morgan fingerprint density at radius 1 is 1.15 bits per heavy atom. The van der Waals surface area contributed by atoms with Gasteiger partial charge in [0.25, 0.3) is 0 Å². The lowest BCUT2D eigenvalue weighted by molar-refractivity contribution is 0.578. The Hall–Kier alpha value is -0.820. The highest BCUT2D eigenvalue weighted by Crippen LogP contribution is 2.25. The van der Waals surface area contributed by atoms with E-state index in [1.807, 2.05) is 7.05 Å². The lowest BCUT2D eigenvalue weighted by atomic mass is 9.84. The number of benzene rings is 1. The van der Waals surface area contributed by atoms with Crippen molar-refractivity contribution in [3.05, 3.63) is 35.4 Å². The van der Waals surface area contributed by atoms with Crippen molar-refractivity contribution in [1.29, 1.82) is 0 Å². The first kappa shape index (κ1) is 10.3. The molecule has 0 radical (unpaired) electrons. The average molecular weight is 177 g/mol. The zero-order valence-electron chi connectivity index (χ0n) is 9.02. The normalized spacial score (nSPS) is 11.7. The topological polar surface area (TPSA) is 12.0 Å². The van der Waals surface area contributed by atoms with Crippen LogP contribution >= 0.6 is 0 Å². The van der Waals surface area contributed by atoms with Crippen LogP contribution < -0.4 is 5.32 Å². The van der Waals surface area contributed by atoms with Crippen LogP contribution in [0.4, 0.5) is 0 Å². The van der Waals surface area contributed by atoms with Gasteiger partial charge < -0.3 is 5.32 Å². The highest BCUT2D eigenvalue weighted by atomic mass is 14.8. The van der Waals surface area contributed by atoms with Gasteiger partial charge in [0.15, 0.2) is 0 Å². The number of hydrogen-bond donors (Lipinski definition) is 1. The Balaban J connectivity index is 3.05. The highest BCUT2D eigenvalue weighted by molar-refractivity contribution is 5.32. The summed E-state index contributed by atoms with van der Waals surface area (Å²) in [6, 6.07) is 8.62. The Kier molecular flexibility index (Phi) is 3.10. The zero-order valence-corrected chi connectivity index (χ0v) is 9.02. The predicted molar refractivity (Wildman–Crippen MR) is 57.9 cm³/mol. The largest absolute Gasteiger partial charge is 0.316 e. The molecular weight excluding hydrogens is 158 g/mol. The molecule has 1 aromatic rings. The summed E-state index contributed by atoms with van der Waals surface area (Å²) in [5, 5.41) is 3.20. The van der Waals surface area contributed by atoms with E-state index in [9.17, 15) is 0 Å². The Bertz CT molecular complexity index is 271. The number of rotatable bonds is 2. The standard InChI is InChI=1S/C12H19N/c1-12(2,3)11-8-6-5-7-10(11)9-13-4/h5-8,13H,9H2,1-4H3. The van der Waals surface area contributed by atoms with Crippen LogP contribution in [0.15, 0.2) is 24.3 Å². The van der Waals surface area contributed by atoms with E-state index in [4.69, 9.17) is 0 Å². The molecule has 1 rings (SSSR count). The molecule has 13 heavy (non-hydrogen) atoms. The molecule has 0 spiro atoms. The summed E-state index contributed by atoms with van der Waals surface area (Å²) < 4.78 is 0. The third-order valence-corrected chi connectivity index (χ3v) is 2.19. The minimum atomic E-state index is 0.243. The van der Waals surface area contributed by atoms with Gasteiger partial charge in [0.05, 0.1) is 0 Å². The van der Waals surface area contributed by atoms with Gasteiger partial charge in [0, 0.05) is 6.54 Å². The van der Waals surface area contributed by atoms with Gasteiger partial charge in [-0.1, -0.05) is 45.0 Å². The van der Waals surface area contributed by atoms with Crippen LogP contribution in [0.5, 0.6) is 0 Å². The maximum absolute atomic E-state index is 3.20. The Labute approximate surface area is 81.2 Å². The molecule has 0 bridgehead atoms. The monoisotopic (exact) mass is 177 g/mol. The van der Waals surface area contributed by atoms with E-state index in [0.717, 1.165) is 6.54 Å². The van der Waals surface area contributed by atoms with Crippen molar-refractivity contribution in [2.75, 3.05) is 7.05 Å². The molecule has 0 aliphatic heterocycles. The lowest BCUT2D eigenvalue weighted by Crippen LogP contribution is -2.17. The minimum absolute atomic E-state index is 0.243. The van der Waals surface area contributed by atoms with Crippen LogP contribution in [0.2, 0.25) is 0 Å². The first-order valence-electron chi connectivity index (χ1n) is 4.78. The third kappa shape index (κ3) is 2.56. The van der Waals surface area contributed by atoms with Gasteiger partial charge in [-0.2, -0.15) is 0 Å². The van der Waals surface area contributed by atoms with Gasteiger partial charge in [-0.25, -0.2) is 0 Å². The van der Waals surface area contributed by atoms with Crippen molar-refractivity contribution in [2.24, 2.45) is 0 Å². The van der Waals surface area contributed by atoms with E-state index >= 15 is 0 Å². The molecule has 1 N–H and O–H groups in total. The molecule has 0 amide bonds. The van der Waals surface area contributed by atoms with Crippen LogP contribution in [0.3, 0.4) is 0 Å². The second-order valence-electron chi connectivity index (χ2n) is 4.44. The molecule has 72 valence electrons. The SMILES string of the molecule is CNCc1ccccc1C(C)(C)C. The molecule has 0 aromatic heterocycles. The molecule has 1 aromatic carbocycles. The Morgan fingerprint density at radius 2 is 1.77 bits per heavy atom. The van der Waals surface area contributed by atoms with Crippen LogP contribution in [-0.2, 0) is 12.0 Å². The molecule has 0 heterocycles. The summed E-state index contributed by atoms with van der Waals surface area (Å²) in [7, 11) is 1.99. The van der Waals surface area contributed by atoms with E-state index in [0.29, 0.717) is 0 Å². The van der Waals surface area contributed by atoms with Gasteiger partial charge in [0.2, 0.25) is 0 Å². The fourth-order valence-corrected chi connectivity index (χ4v) is 1.60. The minimum Gasteiger partial charge on any atom is -0.316 e. The van der Waals surface area contributed by atoms with E-state index < -0.39 is 0 Å². The van der Waals surface area contributed by atoms with Crippen LogP contribution in [0.25, 0.3) is 0 Å². The molecule has 1 nitrogen and oxygen atoms in total. The van der Waals surface area contributed by atoms with Crippen molar-refractivity contribution in [2.45, 2.75) is 32.7 Å². The molecule has 0 aliphatic rings. The van der Waals surface area contributed by atoms with E-state index in [-0.39, 0.29) is 5.41 Å². The van der Waals surface area contributed by atoms with E-state index in [1.54, 1.807) is 0 Å². The van der Waals surface area contributed by atoms with Crippen LogP contribution in [-0.4, -0.2) is 7.05 Å². The van der Waals surface area contributed by atoms with Crippen molar-refractivity contribution in [3.63, 3.8) is 0 Å². The fourth-order valence-electron chi connectivity index (χ4n) is 1.60. The summed E-state index contributed by atoms with van der Waals surface area (Å²) in [5.74, 6) is 0. The smallest absolute Gasteiger partial charge is 0.0205 e. The second kappa shape index (κ2) is 3.93. The van der Waals surface area contributed by atoms with Gasteiger partial charge in [-0.3, -0.25) is 0 Å². The van der Waals surface area contributed by atoms with Crippen LogP contribution in [0, 0.1) is 0 Å². The summed E-state index contributed by atoms with van der Waals surface area (Å²) in [4.78, 5) is 0. The molecule has 0 fully saturated rings. The van der Waals surface area contributed by atoms with Crippen LogP contribution in [0.1, 0.15) is 31.9 Å². The molecule has 0 atom stereocenters. The molecule has 0 aliphatic carbocycles. The predicted octanol–water partition coefficient (Wildman–Crippen LogP) is 2.70. The molecule has 0 unspecified atom stereocenters. The summed E-state index contributed by atoms with van der Waals surface area (Å²) in [5.41, 5.74) is 3.08. The second-order valence-corrected chi connectivity index (χ2v) is 4.44. The van der Waals surface area contributed by atoms with Gasteiger partial charge in [-0.05, 0) is 23.6 Å². The van der Waals surface area contributed by atoms with Gasteiger partial charge in [0.1, 0.15) is 0 Å². The maximum atomic E-state index is 3.20. The quantitative estimate of drug-likeness (QED) is 0.732. The molecular formula is C12H19N. The van der Waals surface area contributed by atoms with E-state index in [1.165, 1.54) is 11.1 Å². The van der Waals surface area contributed by atoms with Gasteiger partial charge in [-0.15, -0.1) is 0 Å². The summed E-state index contributed by atoms with van der Waals surface area (Å²) in [6.07, 6.45) is 0. The highest BCUT2D eigenvalue weighted by Gasteiger charge is 2.16.